The third-order valence-electron chi connectivity index (χ3n) is 6.94. The number of hydrogen-bond acceptors (Lipinski definition) is 6. The van der Waals surface area contributed by atoms with E-state index in [9.17, 15) is 14.7 Å². The molecule has 2 heterocycles. The number of hydrogen-bond donors (Lipinski definition) is 1. The van der Waals surface area contributed by atoms with Crippen LogP contribution in [0.5, 0.6) is 5.75 Å². The number of fused-ring (bicyclic) bond motifs is 1. The van der Waals surface area contributed by atoms with Gasteiger partial charge >= 0.3 is 5.91 Å². The van der Waals surface area contributed by atoms with Crippen LogP contribution in [0, 0.1) is 13.8 Å². The topological polar surface area (TPSA) is 79.7 Å². The van der Waals surface area contributed by atoms with Gasteiger partial charge in [-0.25, -0.2) is 4.98 Å². The smallest absolute Gasteiger partial charge is 0.301 e. The molecule has 4 aromatic rings. The van der Waals surface area contributed by atoms with Crippen molar-refractivity contribution in [3.05, 3.63) is 94.1 Å². The molecule has 1 saturated heterocycles. The summed E-state index contributed by atoms with van der Waals surface area (Å²) in [5.41, 5.74) is 4.91. The van der Waals surface area contributed by atoms with Gasteiger partial charge in [0, 0.05) is 5.56 Å². The molecular weight excluding hydrogens is 496 g/mol. The van der Waals surface area contributed by atoms with Crippen molar-refractivity contribution < 1.29 is 19.4 Å². The van der Waals surface area contributed by atoms with E-state index >= 15 is 0 Å². The number of aromatic nitrogens is 1. The van der Waals surface area contributed by atoms with E-state index in [0.29, 0.717) is 16.4 Å². The van der Waals surface area contributed by atoms with Crippen molar-refractivity contribution in [2.75, 3.05) is 12.0 Å². The third kappa shape index (κ3) is 4.37. The van der Waals surface area contributed by atoms with Gasteiger partial charge in [0.05, 0.1) is 28.9 Å². The molecule has 0 aliphatic carbocycles. The number of Topliss-reactive ketones (excluding diaryl/α,β-unsaturated/α-hetero) is 1. The van der Waals surface area contributed by atoms with Crippen LogP contribution in [0.2, 0.25) is 0 Å². The molecule has 0 radical (unpaired) electrons. The number of carbonyl (C=O) groups is 2. The molecule has 7 heteroatoms. The number of aliphatic hydroxyl groups is 1. The molecule has 1 N–H and O–H groups in total. The number of aliphatic hydroxyl groups excluding tert-OH is 1. The number of ether oxygens (including phenoxy) is 1. The molecular formula is C31H30N2O4S. The zero-order chi connectivity index (χ0) is 27.4. The van der Waals surface area contributed by atoms with E-state index in [1.807, 2.05) is 56.3 Å². The molecule has 1 amide bonds. The second-order valence-corrected chi connectivity index (χ2v) is 11.7. The number of thiazole rings is 1. The minimum Gasteiger partial charge on any atom is -0.507 e. The number of benzene rings is 3. The Balaban J connectivity index is 1.71. The van der Waals surface area contributed by atoms with Crippen molar-refractivity contribution in [1.29, 1.82) is 0 Å². The van der Waals surface area contributed by atoms with E-state index < -0.39 is 17.7 Å². The average Bonchev–Trinajstić information content (AvgIpc) is 3.40. The molecule has 6 nitrogen and oxygen atoms in total. The molecule has 1 aromatic heterocycles. The van der Waals surface area contributed by atoms with Gasteiger partial charge in [-0.15, -0.1) is 0 Å². The quantitative estimate of drug-likeness (QED) is 0.179. The molecule has 1 unspecified atom stereocenters. The molecule has 0 saturated carbocycles. The van der Waals surface area contributed by atoms with Gasteiger partial charge in [-0.1, -0.05) is 62.4 Å². The monoisotopic (exact) mass is 526 g/mol. The number of anilines is 1. The van der Waals surface area contributed by atoms with Crippen molar-refractivity contribution in [2.45, 2.75) is 46.1 Å². The lowest BCUT2D eigenvalue weighted by Crippen LogP contribution is -2.29. The molecule has 3 aromatic carbocycles. The summed E-state index contributed by atoms with van der Waals surface area (Å²) in [7, 11) is 1.58. The number of aryl methyl sites for hydroxylation is 2. The minimum absolute atomic E-state index is 0.0403. The third-order valence-corrected chi connectivity index (χ3v) is 7.96. The van der Waals surface area contributed by atoms with Gasteiger partial charge in [-0.05, 0) is 71.8 Å². The number of rotatable bonds is 4. The lowest BCUT2D eigenvalue weighted by atomic mass is 9.85. The van der Waals surface area contributed by atoms with E-state index in [1.165, 1.54) is 16.2 Å². The Morgan fingerprint density at radius 1 is 1.00 bits per heavy atom. The van der Waals surface area contributed by atoms with Gasteiger partial charge in [0.25, 0.3) is 5.78 Å². The van der Waals surface area contributed by atoms with Crippen molar-refractivity contribution in [1.82, 2.24) is 4.98 Å². The van der Waals surface area contributed by atoms with Gasteiger partial charge < -0.3 is 9.84 Å². The highest BCUT2D eigenvalue weighted by Crippen LogP contribution is 2.45. The molecule has 1 fully saturated rings. The first-order chi connectivity index (χ1) is 18.0. The van der Waals surface area contributed by atoms with E-state index in [0.717, 1.165) is 32.5 Å². The fourth-order valence-corrected chi connectivity index (χ4v) is 5.91. The van der Waals surface area contributed by atoms with Crippen LogP contribution in [0.4, 0.5) is 5.13 Å². The van der Waals surface area contributed by atoms with Crippen LogP contribution >= 0.6 is 11.3 Å². The molecule has 1 aliphatic heterocycles. The number of amides is 1. The Hall–Kier alpha value is -3.97. The number of carbonyl (C=O) groups excluding carboxylic acids is 2. The second kappa shape index (κ2) is 9.40. The molecule has 5 rings (SSSR count). The van der Waals surface area contributed by atoms with Crippen LogP contribution in [0.3, 0.4) is 0 Å². The lowest BCUT2D eigenvalue weighted by Gasteiger charge is -2.24. The van der Waals surface area contributed by atoms with Crippen molar-refractivity contribution in [3.63, 3.8) is 0 Å². The standard InChI is InChI=1S/C31H30N2O4S/c1-17-7-13-22-24(15-17)38-30(32-22)33-26(19-8-11-21(12-9-19)31(3,4)5)25(28(35)29(33)36)27(34)20-10-14-23(37-6)18(2)16-20/h7-16,26,34H,1-6H3. The van der Waals surface area contributed by atoms with Crippen LogP contribution in [0.25, 0.3) is 16.0 Å². The van der Waals surface area contributed by atoms with Crippen molar-refractivity contribution >= 4 is 44.1 Å². The van der Waals surface area contributed by atoms with Crippen molar-refractivity contribution in [3.8, 4) is 5.75 Å². The van der Waals surface area contributed by atoms with Gasteiger partial charge in [0.2, 0.25) is 0 Å². The summed E-state index contributed by atoms with van der Waals surface area (Å²) >= 11 is 1.36. The largest absolute Gasteiger partial charge is 0.507 e. The molecule has 1 atom stereocenters. The predicted molar refractivity (Wildman–Crippen MR) is 152 cm³/mol. The highest BCUT2D eigenvalue weighted by atomic mass is 32.1. The zero-order valence-electron chi connectivity index (χ0n) is 22.3. The average molecular weight is 527 g/mol. The summed E-state index contributed by atoms with van der Waals surface area (Å²) in [4.78, 5) is 33.2. The maximum Gasteiger partial charge on any atom is 0.301 e. The predicted octanol–water partition coefficient (Wildman–Crippen LogP) is 6.85. The molecule has 1 aliphatic rings. The summed E-state index contributed by atoms with van der Waals surface area (Å²) in [5.74, 6) is -1.01. The highest BCUT2D eigenvalue weighted by Gasteiger charge is 2.48. The number of nitrogens with zero attached hydrogens (tertiary/aromatic N) is 2. The van der Waals surface area contributed by atoms with Crippen LogP contribution in [-0.4, -0.2) is 28.9 Å². The Labute approximate surface area is 226 Å². The summed E-state index contributed by atoms with van der Waals surface area (Å²) in [5, 5.41) is 11.9. The van der Waals surface area contributed by atoms with Gasteiger partial charge in [-0.2, -0.15) is 0 Å². The molecule has 0 bridgehead atoms. The number of ketones is 1. The van der Waals surface area contributed by atoms with Gasteiger partial charge in [-0.3, -0.25) is 14.5 Å². The highest BCUT2D eigenvalue weighted by molar-refractivity contribution is 7.22. The normalized spacial score (nSPS) is 17.4. The van der Waals surface area contributed by atoms with Crippen LogP contribution in [-0.2, 0) is 15.0 Å². The maximum absolute atomic E-state index is 13.6. The Bertz CT molecular complexity index is 1610. The first-order valence-electron chi connectivity index (χ1n) is 12.4. The van der Waals surface area contributed by atoms with E-state index in [1.54, 1.807) is 25.3 Å². The fourth-order valence-electron chi connectivity index (χ4n) is 4.81. The van der Waals surface area contributed by atoms with Crippen LogP contribution in [0.1, 0.15) is 54.6 Å². The number of methoxy groups -OCH3 is 1. The Morgan fingerprint density at radius 2 is 1.71 bits per heavy atom. The summed E-state index contributed by atoms with van der Waals surface area (Å²) in [6.07, 6.45) is 0. The molecule has 194 valence electrons. The molecule has 38 heavy (non-hydrogen) atoms. The minimum atomic E-state index is -0.826. The lowest BCUT2D eigenvalue weighted by molar-refractivity contribution is -0.132. The van der Waals surface area contributed by atoms with Crippen LogP contribution in [0.15, 0.2) is 66.2 Å². The summed E-state index contributed by atoms with van der Waals surface area (Å²) < 4.78 is 6.28. The van der Waals surface area contributed by atoms with E-state index in [-0.39, 0.29) is 16.7 Å². The Kier molecular flexibility index (Phi) is 6.35. The van der Waals surface area contributed by atoms with Gasteiger partial charge in [0.1, 0.15) is 11.5 Å². The molecule has 0 spiro atoms. The maximum atomic E-state index is 13.6. The SMILES string of the molecule is COc1ccc(C(O)=C2C(=O)C(=O)N(c3nc4ccc(C)cc4s3)C2c2ccc(C(C)(C)C)cc2)cc1C. The fraction of sp³-hybridized carbons (Fsp3) is 0.258. The summed E-state index contributed by atoms with van der Waals surface area (Å²) in [6, 6.07) is 18.1. The van der Waals surface area contributed by atoms with E-state index in [2.05, 4.69) is 20.8 Å². The van der Waals surface area contributed by atoms with Gasteiger partial charge in [0.15, 0.2) is 5.13 Å². The first kappa shape index (κ1) is 25.7. The van der Waals surface area contributed by atoms with Crippen LogP contribution < -0.4 is 9.64 Å². The van der Waals surface area contributed by atoms with Crippen molar-refractivity contribution in [2.24, 2.45) is 0 Å². The first-order valence-corrected chi connectivity index (χ1v) is 13.2. The zero-order valence-corrected chi connectivity index (χ0v) is 23.1. The van der Waals surface area contributed by atoms with E-state index in [4.69, 9.17) is 9.72 Å². The second-order valence-electron chi connectivity index (χ2n) is 10.7. The Morgan fingerprint density at radius 3 is 2.34 bits per heavy atom. The summed E-state index contributed by atoms with van der Waals surface area (Å²) in [6.45, 7) is 10.2.